The largest absolute Gasteiger partial charge is 0.496 e. The SMILES string of the molecule is COc1ccc([N+](=O)[O-])cc1CON1CN=c2c(ncn2[C@@H]2O[C@H](CO)[C@@H](O)[C@H]2O)=C1N. The van der Waals surface area contributed by atoms with Crippen molar-refractivity contribution in [1.29, 1.82) is 0 Å². The lowest BCUT2D eigenvalue weighted by Gasteiger charge is -2.24. The lowest BCUT2D eigenvalue weighted by atomic mass is 10.1. The summed E-state index contributed by atoms with van der Waals surface area (Å²) in [5, 5.41) is 42.1. The summed E-state index contributed by atoms with van der Waals surface area (Å²) in [6.07, 6.45) is -3.15. The molecule has 0 saturated carbocycles. The molecule has 2 aromatic rings. The van der Waals surface area contributed by atoms with E-state index in [1.165, 1.54) is 41.3 Å². The average Bonchev–Trinajstić information content (AvgIpc) is 3.34. The summed E-state index contributed by atoms with van der Waals surface area (Å²) < 4.78 is 12.2. The Labute approximate surface area is 180 Å². The third-order valence-electron chi connectivity index (χ3n) is 5.27. The van der Waals surface area contributed by atoms with Gasteiger partial charge in [-0.2, -0.15) is 0 Å². The fourth-order valence-electron chi connectivity index (χ4n) is 3.56. The molecule has 1 aromatic heterocycles. The van der Waals surface area contributed by atoms with Crippen molar-refractivity contribution in [3.8, 4) is 5.75 Å². The predicted octanol–water partition coefficient (Wildman–Crippen LogP) is -2.54. The number of rotatable bonds is 7. The fourth-order valence-corrected chi connectivity index (χ4v) is 3.56. The molecule has 0 radical (unpaired) electrons. The number of aliphatic hydroxyl groups excluding tert-OH is 3. The number of aromatic nitrogens is 2. The molecule has 1 aromatic carbocycles. The van der Waals surface area contributed by atoms with Gasteiger partial charge in [0.25, 0.3) is 5.69 Å². The molecule has 0 unspecified atom stereocenters. The average molecular weight is 450 g/mol. The highest BCUT2D eigenvalue weighted by Crippen LogP contribution is 2.28. The molecule has 1 saturated heterocycles. The quantitative estimate of drug-likeness (QED) is 0.257. The van der Waals surface area contributed by atoms with E-state index < -0.39 is 36.1 Å². The molecule has 32 heavy (non-hydrogen) atoms. The van der Waals surface area contributed by atoms with Gasteiger partial charge in [0.05, 0.1) is 25.0 Å². The highest BCUT2D eigenvalue weighted by molar-refractivity contribution is 5.43. The molecule has 5 N–H and O–H groups in total. The molecule has 172 valence electrons. The van der Waals surface area contributed by atoms with Gasteiger partial charge in [-0.1, -0.05) is 0 Å². The fraction of sp³-hybridized carbons (Fsp3) is 0.444. The van der Waals surface area contributed by atoms with Crippen LogP contribution in [0, 0.1) is 10.1 Å². The normalized spacial score (nSPS) is 24.9. The van der Waals surface area contributed by atoms with E-state index in [0.717, 1.165) is 0 Å². The summed E-state index contributed by atoms with van der Waals surface area (Å²) in [7, 11) is 1.44. The van der Waals surface area contributed by atoms with Crippen LogP contribution in [0.25, 0.3) is 5.82 Å². The second kappa shape index (κ2) is 8.68. The van der Waals surface area contributed by atoms with Gasteiger partial charge in [-0.3, -0.25) is 19.5 Å². The molecule has 0 aliphatic carbocycles. The first-order chi connectivity index (χ1) is 15.3. The Hall–Kier alpha value is -3.30. The molecule has 3 heterocycles. The number of ether oxygens (including phenoxy) is 2. The number of nitro groups is 1. The first-order valence-electron chi connectivity index (χ1n) is 9.57. The maximum Gasteiger partial charge on any atom is 0.270 e. The minimum Gasteiger partial charge on any atom is -0.496 e. The van der Waals surface area contributed by atoms with E-state index in [4.69, 9.17) is 20.0 Å². The van der Waals surface area contributed by atoms with E-state index in [-0.39, 0.29) is 30.1 Å². The number of fused-ring (bicyclic) bond motifs is 1. The Morgan fingerprint density at radius 1 is 1.38 bits per heavy atom. The monoisotopic (exact) mass is 450 g/mol. The standard InChI is InChI=1S/C18H22N6O8/c1-30-11-3-2-10(24(28)29)4-9(11)6-31-23-8-21-17-13(16(23)19)20-7-22(17)18-15(27)14(26)12(5-25)32-18/h2-4,7,12,14-15,18,25-27H,5-6,8,19H2,1H3/t12-,14-,15-,18-/m1/s1. The summed E-state index contributed by atoms with van der Waals surface area (Å²) in [4.78, 5) is 24.8. The summed E-state index contributed by atoms with van der Waals surface area (Å²) in [5.41, 5.74) is 6.83. The van der Waals surface area contributed by atoms with Crippen molar-refractivity contribution < 1.29 is 34.6 Å². The number of hydrogen-bond acceptors (Lipinski definition) is 12. The number of hydrogen-bond donors (Lipinski definition) is 4. The number of aliphatic hydroxyl groups is 3. The summed E-state index contributed by atoms with van der Waals surface area (Å²) in [6, 6.07) is 4.15. The maximum absolute atomic E-state index is 11.0. The van der Waals surface area contributed by atoms with Crippen LogP contribution in [0.1, 0.15) is 11.8 Å². The first kappa shape index (κ1) is 21.9. The van der Waals surface area contributed by atoms with Crippen molar-refractivity contribution in [1.82, 2.24) is 14.6 Å². The van der Waals surface area contributed by atoms with E-state index in [1.807, 2.05) is 0 Å². The molecule has 0 bridgehead atoms. The van der Waals surface area contributed by atoms with Crippen LogP contribution in [0.4, 0.5) is 5.69 Å². The summed E-state index contributed by atoms with van der Waals surface area (Å²) >= 11 is 0. The van der Waals surface area contributed by atoms with Crippen molar-refractivity contribution in [3.63, 3.8) is 0 Å². The van der Waals surface area contributed by atoms with Crippen LogP contribution in [0.15, 0.2) is 29.5 Å². The minimum atomic E-state index is -1.29. The predicted molar refractivity (Wildman–Crippen MR) is 105 cm³/mol. The molecular weight excluding hydrogens is 428 g/mol. The van der Waals surface area contributed by atoms with Gasteiger partial charge in [0.1, 0.15) is 42.7 Å². The molecule has 4 atom stereocenters. The molecule has 2 aliphatic heterocycles. The van der Waals surface area contributed by atoms with Crippen LogP contribution in [-0.4, -0.2) is 73.6 Å². The van der Waals surface area contributed by atoms with E-state index in [0.29, 0.717) is 16.8 Å². The molecule has 0 spiro atoms. The number of nitrogens with two attached hydrogens (primary N) is 1. The van der Waals surface area contributed by atoms with Crippen molar-refractivity contribution in [3.05, 3.63) is 51.0 Å². The van der Waals surface area contributed by atoms with Gasteiger partial charge in [-0.25, -0.2) is 15.0 Å². The van der Waals surface area contributed by atoms with Crippen molar-refractivity contribution in [2.75, 3.05) is 20.4 Å². The summed E-state index contributed by atoms with van der Waals surface area (Å²) in [5.74, 6) is 0.544. The van der Waals surface area contributed by atoms with Crippen molar-refractivity contribution >= 4 is 11.5 Å². The Balaban J connectivity index is 1.56. The summed E-state index contributed by atoms with van der Waals surface area (Å²) in [6.45, 7) is -0.567. The van der Waals surface area contributed by atoms with Crippen LogP contribution < -0.4 is 21.3 Å². The van der Waals surface area contributed by atoms with Gasteiger partial charge in [-0.05, 0) is 6.07 Å². The maximum atomic E-state index is 11.0. The Morgan fingerprint density at radius 2 is 2.16 bits per heavy atom. The van der Waals surface area contributed by atoms with Gasteiger partial charge < -0.3 is 30.5 Å². The third kappa shape index (κ3) is 3.74. The highest BCUT2D eigenvalue weighted by Gasteiger charge is 2.44. The second-order valence-corrected chi connectivity index (χ2v) is 7.14. The molecule has 0 amide bonds. The molecule has 14 heteroatoms. The number of methoxy groups -OCH3 is 1. The third-order valence-corrected chi connectivity index (χ3v) is 5.27. The van der Waals surface area contributed by atoms with Gasteiger partial charge >= 0.3 is 0 Å². The number of benzene rings is 1. The number of imidazole rings is 1. The van der Waals surface area contributed by atoms with Gasteiger partial charge in [-0.15, -0.1) is 0 Å². The lowest BCUT2D eigenvalue weighted by Crippen LogP contribution is -2.47. The van der Waals surface area contributed by atoms with Crippen LogP contribution >= 0.6 is 0 Å². The number of hydroxylamine groups is 2. The first-order valence-corrected chi connectivity index (χ1v) is 9.57. The Morgan fingerprint density at radius 3 is 2.81 bits per heavy atom. The zero-order chi connectivity index (χ0) is 23.0. The zero-order valence-electron chi connectivity index (χ0n) is 16.9. The molecule has 14 nitrogen and oxygen atoms in total. The number of non-ortho nitro benzene ring substituents is 1. The molecule has 1 fully saturated rings. The van der Waals surface area contributed by atoms with Crippen LogP contribution in [0.3, 0.4) is 0 Å². The Bertz CT molecular complexity index is 1140. The zero-order valence-corrected chi connectivity index (χ0v) is 16.9. The van der Waals surface area contributed by atoms with Gasteiger partial charge in [0.2, 0.25) is 0 Å². The number of nitro benzene ring substituents is 1. The topological polar surface area (TPSA) is 191 Å². The molecular formula is C18H22N6O8. The van der Waals surface area contributed by atoms with E-state index in [2.05, 4.69) is 9.98 Å². The van der Waals surface area contributed by atoms with Crippen LogP contribution in [-0.2, 0) is 16.2 Å². The van der Waals surface area contributed by atoms with E-state index in [1.54, 1.807) is 0 Å². The Kier molecular flexibility index (Phi) is 5.94. The molecule has 4 rings (SSSR count). The van der Waals surface area contributed by atoms with Gasteiger partial charge in [0.15, 0.2) is 17.5 Å². The van der Waals surface area contributed by atoms with Crippen LogP contribution in [0.2, 0.25) is 0 Å². The van der Waals surface area contributed by atoms with Crippen molar-refractivity contribution in [2.45, 2.75) is 31.1 Å². The molecule has 2 aliphatic rings. The van der Waals surface area contributed by atoms with E-state index >= 15 is 0 Å². The highest BCUT2D eigenvalue weighted by atomic mass is 16.7. The van der Waals surface area contributed by atoms with E-state index in [9.17, 15) is 25.4 Å². The van der Waals surface area contributed by atoms with Crippen molar-refractivity contribution in [2.24, 2.45) is 10.7 Å². The lowest BCUT2D eigenvalue weighted by molar-refractivity contribution is -0.385. The van der Waals surface area contributed by atoms with Crippen LogP contribution in [0.5, 0.6) is 5.75 Å². The van der Waals surface area contributed by atoms with Gasteiger partial charge in [0, 0.05) is 17.7 Å². The smallest absolute Gasteiger partial charge is 0.270 e. The number of nitrogens with zero attached hydrogens (tertiary/aromatic N) is 5. The second-order valence-electron chi connectivity index (χ2n) is 7.14. The minimum absolute atomic E-state index is 0.0312.